The van der Waals surface area contributed by atoms with Crippen molar-refractivity contribution < 1.29 is 18.1 Å². The topological polar surface area (TPSA) is 44.8 Å². The zero-order chi connectivity index (χ0) is 20.5. The Morgan fingerprint density at radius 2 is 0.769 bits per heavy atom. The maximum absolute atomic E-state index is 12.9. The molecule has 0 aliphatic carbocycles. The Morgan fingerprint density at radius 3 is 0.962 bits per heavy atom. The molecule has 0 bridgehead atoms. The quantitative estimate of drug-likeness (QED) is 0.253. The second-order valence-electron chi connectivity index (χ2n) is 10.9. The minimum absolute atomic E-state index is 0.245. The highest BCUT2D eigenvalue weighted by atomic mass is 31.2. The molecule has 0 amide bonds. The zero-order valence-electron chi connectivity index (χ0n) is 18.9. The van der Waals surface area contributed by atoms with E-state index >= 15 is 0 Å². The van der Waals surface area contributed by atoms with Crippen molar-refractivity contribution in [3.8, 4) is 0 Å². The van der Waals surface area contributed by atoms with Gasteiger partial charge in [0.1, 0.15) is 0 Å². The molecule has 0 heterocycles. The van der Waals surface area contributed by atoms with Crippen molar-refractivity contribution in [2.24, 2.45) is 16.2 Å². The standard InChI is InChI=1S/C21H45O4P/c1-19(2,3)13-10-16-23-26(22,24-17-11-14-20(4,5)6)25-18-12-15-21(7,8)9/h10-18H2,1-9H3. The van der Waals surface area contributed by atoms with E-state index in [2.05, 4.69) is 62.3 Å². The molecule has 4 nitrogen and oxygen atoms in total. The number of phosphoric ester groups is 1. The highest BCUT2D eigenvalue weighted by Crippen LogP contribution is 2.50. The van der Waals surface area contributed by atoms with Gasteiger partial charge in [-0.25, -0.2) is 4.57 Å². The largest absolute Gasteiger partial charge is 0.474 e. The van der Waals surface area contributed by atoms with E-state index < -0.39 is 7.82 Å². The van der Waals surface area contributed by atoms with Crippen LogP contribution in [0.5, 0.6) is 0 Å². The van der Waals surface area contributed by atoms with E-state index in [1.54, 1.807) is 0 Å². The Morgan fingerprint density at radius 1 is 0.538 bits per heavy atom. The minimum Gasteiger partial charge on any atom is -0.287 e. The maximum atomic E-state index is 12.9. The number of rotatable bonds is 12. The van der Waals surface area contributed by atoms with Crippen molar-refractivity contribution in [3.63, 3.8) is 0 Å². The molecule has 0 saturated heterocycles. The van der Waals surface area contributed by atoms with E-state index in [0.717, 1.165) is 38.5 Å². The van der Waals surface area contributed by atoms with Gasteiger partial charge in [0, 0.05) is 0 Å². The molecule has 0 N–H and O–H groups in total. The summed E-state index contributed by atoms with van der Waals surface area (Å²) in [5.74, 6) is 0. The summed E-state index contributed by atoms with van der Waals surface area (Å²) in [6.07, 6.45) is 5.60. The summed E-state index contributed by atoms with van der Waals surface area (Å²) in [4.78, 5) is 0. The van der Waals surface area contributed by atoms with Crippen LogP contribution in [0.2, 0.25) is 0 Å². The molecule has 158 valence electrons. The Kier molecular flexibility index (Phi) is 11.2. The Balaban J connectivity index is 4.42. The van der Waals surface area contributed by atoms with E-state index in [-0.39, 0.29) is 16.2 Å². The summed E-state index contributed by atoms with van der Waals surface area (Å²) in [5.41, 5.74) is 0.734. The second-order valence-corrected chi connectivity index (χ2v) is 12.6. The van der Waals surface area contributed by atoms with Gasteiger partial charge in [-0.1, -0.05) is 62.3 Å². The van der Waals surface area contributed by atoms with Gasteiger partial charge in [-0.15, -0.1) is 0 Å². The van der Waals surface area contributed by atoms with Crippen LogP contribution in [0, 0.1) is 16.2 Å². The first-order chi connectivity index (χ1) is 11.6. The smallest absolute Gasteiger partial charge is 0.287 e. The molecule has 0 spiro atoms. The normalized spacial score (nSPS) is 14.0. The Hall–Kier alpha value is 0.110. The van der Waals surface area contributed by atoms with Crippen LogP contribution in [-0.2, 0) is 18.1 Å². The second kappa shape index (κ2) is 11.2. The summed E-state index contributed by atoms with van der Waals surface area (Å²) in [6.45, 7) is 21.0. The fourth-order valence-electron chi connectivity index (χ4n) is 2.45. The highest BCUT2D eigenvalue weighted by Gasteiger charge is 2.27. The van der Waals surface area contributed by atoms with Gasteiger partial charge in [-0.2, -0.15) is 0 Å². The summed E-state index contributed by atoms with van der Waals surface area (Å²) >= 11 is 0. The predicted molar refractivity (Wildman–Crippen MR) is 112 cm³/mol. The van der Waals surface area contributed by atoms with Crippen LogP contribution < -0.4 is 0 Å². The maximum Gasteiger partial charge on any atom is 0.474 e. The van der Waals surface area contributed by atoms with Crippen molar-refractivity contribution >= 4 is 7.82 Å². The van der Waals surface area contributed by atoms with Crippen molar-refractivity contribution in [3.05, 3.63) is 0 Å². The van der Waals surface area contributed by atoms with Crippen LogP contribution >= 0.6 is 7.82 Å². The third-order valence-electron chi connectivity index (χ3n) is 3.96. The predicted octanol–water partition coefficient (Wildman–Crippen LogP) is 7.62. The van der Waals surface area contributed by atoms with Gasteiger partial charge in [0.05, 0.1) is 19.8 Å². The van der Waals surface area contributed by atoms with E-state index in [0.29, 0.717) is 19.8 Å². The first kappa shape index (κ1) is 26.1. The SMILES string of the molecule is CC(C)(C)CCCOP(=O)(OCCCC(C)(C)C)OCCCC(C)(C)C. The summed E-state index contributed by atoms with van der Waals surface area (Å²) in [7, 11) is -3.47. The molecule has 0 atom stereocenters. The summed E-state index contributed by atoms with van der Waals surface area (Å²) < 4.78 is 29.7. The zero-order valence-corrected chi connectivity index (χ0v) is 19.8. The number of hydrogen-bond acceptors (Lipinski definition) is 4. The lowest BCUT2D eigenvalue weighted by Crippen LogP contribution is -2.10. The lowest BCUT2D eigenvalue weighted by molar-refractivity contribution is 0.101. The van der Waals surface area contributed by atoms with Gasteiger partial charge < -0.3 is 0 Å². The molecule has 0 unspecified atom stereocenters. The van der Waals surface area contributed by atoms with Crippen LogP contribution in [0.3, 0.4) is 0 Å². The molecule has 0 aliphatic rings. The number of phosphoric acid groups is 1. The van der Waals surface area contributed by atoms with E-state index in [4.69, 9.17) is 13.6 Å². The van der Waals surface area contributed by atoms with E-state index in [9.17, 15) is 4.57 Å². The third kappa shape index (κ3) is 17.5. The van der Waals surface area contributed by atoms with Crippen molar-refractivity contribution in [1.82, 2.24) is 0 Å². The van der Waals surface area contributed by atoms with Gasteiger partial charge in [0.2, 0.25) is 0 Å². The third-order valence-corrected chi connectivity index (χ3v) is 5.46. The van der Waals surface area contributed by atoms with E-state index in [1.165, 1.54) is 0 Å². The Bertz CT molecular complexity index is 351. The summed E-state index contributed by atoms with van der Waals surface area (Å²) in [5, 5.41) is 0. The molecule has 0 aliphatic heterocycles. The molecule has 0 saturated carbocycles. The van der Waals surface area contributed by atoms with Gasteiger partial charge in [-0.05, 0) is 54.8 Å². The van der Waals surface area contributed by atoms with Crippen LogP contribution in [0.4, 0.5) is 0 Å². The Labute approximate surface area is 163 Å². The lowest BCUT2D eigenvalue weighted by atomic mass is 9.91. The molecule has 0 aromatic rings. The van der Waals surface area contributed by atoms with Crippen LogP contribution in [0.25, 0.3) is 0 Å². The fraction of sp³-hybridized carbons (Fsp3) is 1.00. The first-order valence-corrected chi connectivity index (χ1v) is 11.6. The monoisotopic (exact) mass is 392 g/mol. The molecule has 0 rings (SSSR count). The molecular formula is C21H45O4P. The first-order valence-electron chi connectivity index (χ1n) is 10.2. The van der Waals surface area contributed by atoms with Gasteiger partial charge in [0.25, 0.3) is 0 Å². The van der Waals surface area contributed by atoms with Gasteiger partial charge in [-0.3, -0.25) is 13.6 Å². The fourth-order valence-corrected chi connectivity index (χ4v) is 3.73. The minimum atomic E-state index is -3.47. The molecule has 0 aromatic heterocycles. The lowest BCUT2D eigenvalue weighted by Gasteiger charge is -2.22. The van der Waals surface area contributed by atoms with Crippen molar-refractivity contribution in [1.29, 1.82) is 0 Å². The highest BCUT2D eigenvalue weighted by molar-refractivity contribution is 7.48. The van der Waals surface area contributed by atoms with Gasteiger partial charge in [0.15, 0.2) is 0 Å². The van der Waals surface area contributed by atoms with Crippen LogP contribution in [-0.4, -0.2) is 19.8 Å². The molecule has 0 radical (unpaired) electrons. The van der Waals surface area contributed by atoms with Gasteiger partial charge >= 0.3 is 7.82 Å². The molecule has 0 fully saturated rings. The van der Waals surface area contributed by atoms with E-state index in [1.807, 2.05) is 0 Å². The molecular weight excluding hydrogens is 347 g/mol. The average molecular weight is 393 g/mol. The molecule has 5 heteroatoms. The molecule has 26 heavy (non-hydrogen) atoms. The van der Waals surface area contributed by atoms with Crippen molar-refractivity contribution in [2.45, 2.75) is 101 Å². The van der Waals surface area contributed by atoms with Crippen LogP contribution in [0.1, 0.15) is 101 Å². The number of hydrogen-bond donors (Lipinski definition) is 0. The summed E-state index contributed by atoms with van der Waals surface area (Å²) in [6, 6.07) is 0. The molecule has 0 aromatic carbocycles. The average Bonchev–Trinajstić information content (AvgIpc) is 2.42. The van der Waals surface area contributed by atoms with Crippen molar-refractivity contribution in [2.75, 3.05) is 19.8 Å². The van der Waals surface area contributed by atoms with Crippen LogP contribution in [0.15, 0.2) is 0 Å².